The van der Waals surface area contributed by atoms with Crippen LogP contribution in [0.25, 0.3) is 0 Å². The summed E-state index contributed by atoms with van der Waals surface area (Å²) in [6.45, 7) is 1.17. The predicted molar refractivity (Wildman–Crippen MR) is 119 cm³/mol. The fraction of sp³-hybridized carbons (Fsp3) is 0.217. The second-order valence-corrected chi connectivity index (χ2v) is 7.76. The molecule has 2 heterocycles. The van der Waals surface area contributed by atoms with E-state index < -0.39 is 11.8 Å². The number of hydrogen-bond acceptors (Lipinski definition) is 5. The first kappa shape index (κ1) is 21.7. The maximum absolute atomic E-state index is 12.8. The van der Waals surface area contributed by atoms with Crippen LogP contribution in [0, 0.1) is 0 Å². The Kier molecular flexibility index (Phi) is 6.34. The van der Waals surface area contributed by atoms with Crippen molar-refractivity contribution in [3.05, 3.63) is 82.0 Å². The molecule has 0 aliphatic carbocycles. The number of carbonyl (C=O) groups excluding carboxylic acids is 3. The Morgan fingerprint density at radius 3 is 2.56 bits per heavy atom. The first-order valence-electron chi connectivity index (χ1n) is 10.0. The maximum Gasteiger partial charge on any atom is 0.261 e. The lowest BCUT2D eigenvalue weighted by atomic mass is 10.1. The van der Waals surface area contributed by atoms with E-state index in [4.69, 9.17) is 16.3 Å². The molecule has 1 aromatic heterocycles. The Bertz CT molecular complexity index is 1170. The van der Waals surface area contributed by atoms with Crippen molar-refractivity contribution in [3.63, 3.8) is 0 Å². The maximum atomic E-state index is 12.8. The van der Waals surface area contributed by atoms with E-state index in [1.54, 1.807) is 36.2 Å². The van der Waals surface area contributed by atoms with Crippen molar-refractivity contribution in [1.82, 2.24) is 14.7 Å². The van der Waals surface area contributed by atoms with Gasteiger partial charge in [0.15, 0.2) is 0 Å². The zero-order valence-corrected chi connectivity index (χ0v) is 18.1. The number of aromatic nitrogens is 2. The fourth-order valence-electron chi connectivity index (χ4n) is 3.52. The molecule has 2 aromatic carbocycles. The number of halogens is 1. The Morgan fingerprint density at radius 1 is 1.06 bits per heavy atom. The van der Waals surface area contributed by atoms with Gasteiger partial charge in [0.2, 0.25) is 0 Å². The number of nitrogens with one attached hydrogen (secondary N) is 1. The van der Waals surface area contributed by atoms with Crippen LogP contribution in [0.15, 0.2) is 54.7 Å². The molecule has 0 fully saturated rings. The average molecular weight is 453 g/mol. The Labute approximate surface area is 189 Å². The van der Waals surface area contributed by atoms with Gasteiger partial charge in [-0.25, -0.2) is 4.68 Å². The summed E-state index contributed by atoms with van der Waals surface area (Å²) in [5.74, 6) is -0.643. The molecule has 1 N–H and O–H groups in total. The van der Waals surface area contributed by atoms with Gasteiger partial charge in [-0.05, 0) is 42.3 Å². The largest absolute Gasteiger partial charge is 0.385 e. The zero-order valence-electron chi connectivity index (χ0n) is 17.4. The molecular weight excluding hydrogens is 432 g/mol. The molecule has 32 heavy (non-hydrogen) atoms. The van der Waals surface area contributed by atoms with E-state index in [2.05, 4.69) is 10.4 Å². The molecule has 0 radical (unpaired) electrons. The summed E-state index contributed by atoms with van der Waals surface area (Å²) in [5.41, 5.74) is 1.79. The third-order valence-electron chi connectivity index (χ3n) is 5.17. The number of amides is 3. The topological polar surface area (TPSA) is 93.5 Å². The molecule has 8 nitrogen and oxygen atoms in total. The van der Waals surface area contributed by atoms with Gasteiger partial charge in [-0.2, -0.15) is 5.10 Å². The van der Waals surface area contributed by atoms with Crippen LogP contribution in [-0.4, -0.2) is 52.7 Å². The minimum absolute atomic E-state index is 0.231. The highest BCUT2D eigenvalue weighted by molar-refractivity contribution is 6.30. The van der Waals surface area contributed by atoms with E-state index in [9.17, 15) is 14.4 Å². The van der Waals surface area contributed by atoms with E-state index in [0.29, 0.717) is 36.0 Å². The van der Waals surface area contributed by atoms with Crippen LogP contribution in [0.5, 0.6) is 0 Å². The molecule has 0 saturated heterocycles. The predicted octanol–water partition coefficient (Wildman–Crippen LogP) is 3.47. The normalized spacial score (nSPS) is 12.9. The molecule has 0 saturated carbocycles. The Hall–Kier alpha value is -3.49. The van der Waals surface area contributed by atoms with Crippen LogP contribution in [-0.2, 0) is 11.3 Å². The number of imide groups is 1. The van der Waals surface area contributed by atoms with Gasteiger partial charge in [-0.1, -0.05) is 23.7 Å². The number of carbonyl (C=O) groups is 3. The highest BCUT2D eigenvalue weighted by atomic mass is 35.5. The van der Waals surface area contributed by atoms with E-state index in [-0.39, 0.29) is 23.6 Å². The molecule has 0 atom stereocenters. The highest BCUT2D eigenvalue weighted by Gasteiger charge is 2.35. The average Bonchev–Trinajstić information content (AvgIpc) is 3.32. The van der Waals surface area contributed by atoms with Crippen LogP contribution < -0.4 is 5.32 Å². The fourth-order valence-corrected chi connectivity index (χ4v) is 3.64. The van der Waals surface area contributed by atoms with Crippen molar-refractivity contribution >= 4 is 35.1 Å². The number of nitrogens with zero attached hydrogens (tertiary/aromatic N) is 3. The van der Waals surface area contributed by atoms with Gasteiger partial charge in [-0.15, -0.1) is 0 Å². The molecule has 9 heteroatoms. The first-order valence-corrected chi connectivity index (χ1v) is 10.4. The van der Waals surface area contributed by atoms with Gasteiger partial charge in [0.1, 0.15) is 5.82 Å². The summed E-state index contributed by atoms with van der Waals surface area (Å²) in [4.78, 5) is 39.2. The monoisotopic (exact) mass is 452 g/mol. The number of ether oxygens (including phenoxy) is 1. The van der Waals surface area contributed by atoms with E-state index >= 15 is 0 Å². The van der Waals surface area contributed by atoms with E-state index in [0.717, 1.165) is 5.56 Å². The van der Waals surface area contributed by atoms with Crippen LogP contribution >= 0.6 is 11.6 Å². The quantitative estimate of drug-likeness (QED) is 0.417. The first-order chi connectivity index (χ1) is 15.5. The number of methoxy groups -OCH3 is 1. The van der Waals surface area contributed by atoms with Crippen LogP contribution in [0.1, 0.15) is 43.1 Å². The van der Waals surface area contributed by atoms with Gasteiger partial charge >= 0.3 is 0 Å². The summed E-state index contributed by atoms with van der Waals surface area (Å²) in [6, 6.07) is 13.6. The molecule has 0 unspecified atom stereocenters. The van der Waals surface area contributed by atoms with Crippen molar-refractivity contribution in [2.75, 3.05) is 25.6 Å². The molecule has 0 spiro atoms. The zero-order chi connectivity index (χ0) is 22.7. The summed E-state index contributed by atoms with van der Waals surface area (Å²) >= 11 is 5.93. The number of hydrogen-bond donors (Lipinski definition) is 1. The molecule has 3 amide bonds. The molecular formula is C23H21ClN4O4. The summed E-state index contributed by atoms with van der Waals surface area (Å²) in [5, 5.41) is 7.72. The van der Waals surface area contributed by atoms with E-state index in [1.807, 2.05) is 12.1 Å². The van der Waals surface area contributed by atoms with Crippen molar-refractivity contribution < 1.29 is 19.1 Å². The van der Waals surface area contributed by atoms with Crippen molar-refractivity contribution in [3.8, 4) is 0 Å². The summed E-state index contributed by atoms with van der Waals surface area (Å²) in [6.07, 6.45) is 2.14. The van der Waals surface area contributed by atoms with Gasteiger partial charge in [0.05, 0.1) is 23.9 Å². The Morgan fingerprint density at radius 2 is 1.81 bits per heavy atom. The Balaban J connectivity index is 1.48. The minimum Gasteiger partial charge on any atom is -0.385 e. The number of benzene rings is 2. The molecule has 4 rings (SSSR count). The minimum atomic E-state index is -0.400. The van der Waals surface area contributed by atoms with Gasteiger partial charge in [-0.3, -0.25) is 19.3 Å². The third kappa shape index (κ3) is 4.42. The molecule has 164 valence electrons. The van der Waals surface area contributed by atoms with Crippen molar-refractivity contribution in [2.45, 2.75) is 13.0 Å². The second kappa shape index (κ2) is 9.33. The second-order valence-electron chi connectivity index (χ2n) is 7.32. The standard InChI is InChI=1S/C23H21ClN4O4/c1-32-12-2-11-27-22(30)18-8-5-16(13-19(18)23(27)31)21(29)26-20-9-10-25-28(20)14-15-3-6-17(24)7-4-15/h3-10,13H,2,11-12,14H2,1H3,(H,26,29). The lowest BCUT2D eigenvalue weighted by molar-refractivity contribution is 0.0638. The van der Waals surface area contributed by atoms with E-state index in [1.165, 1.54) is 23.1 Å². The molecule has 3 aromatic rings. The SMILES string of the molecule is COCCCN1C(=O)c2ccc(C(=O)Nc3ccnn3Cc3ccc(Cl)cc3)cc2C1=O. The van der Waals surface area contributed by atoms with Gasteiger partial charge in [0, 0.05) is 36.9 Å². The molecule has 0 bridgehead atoms. The van der Waals surface area contributed by atoms with Crippen LogP contribution in [0.3, 0.4) is 0 Å². The number of fused-ring (bicyclic) bond motifs is 1. The van der Waals surface area contributed by atoms with Crippen molar-refractivity contribution in [1.29, 1.82) is 0 Å². The van der Waals surface area contributed by atoms with Crippen LogP contribution in [0.2, 0.25) is 5.02 Å². The number of rotatable bonds is 8. The van der Waals surface area contributed by atoms with Gasteiger partial charge in [0.25, 0.3) is 17.7 Å². The van der Waals surface area contributed by atoms with Crippen LogP contribution in [0.4, 0.5) is 5.82 Å². The lowest BCUT2D eigenvalue weighted by Crippen LogP contribution is -2.31. The number of anilines is 1. The van der Waals surface area contributed by atoms with Gasteiger partial charge < -0.3 is 10.1 Å². The summed E-state index contributed by atoms with van der Waals surface area (Å²) < 4.78 is 6.64. The smallest absolute Gasteiger partial charge is 0.261 e. The van der Waals surface area contributed by atoms with Crippen molar-refractivity contribution in [2.24, 2.45) is 0 Å². The lowest BCUT2D eigenvalue weighted by Gasteiger charge is -2.12. The highest BCUT2D eigenvalue weighted by Crippen LogP contribution is 2.25. The summed E-state index contributed by atoms with van der Waals surface area (Å²) in [7, 11) is 1.56. The third-order valence-corrected chi connectivity index (χ3v) is 5.42. The molecule has 1 aliphatic heterocycles. The molecule has 1 aliphatic rings.